The number of hydrogen-bond acceptors (Lipinski definition) is 5. The van der Waals surface area contributed by atoms with Gasteiger partial charge in [-0.15, -0.1) is 0 Å². The summed E-state index contributed by atoms with van der Waals surface area (Å²) in [5, 5.41) is 7.58. The first kappa shape index (κ1) is 19.8. The number of nitrogens with one attached hydrogen (secondary N) is 1. The number of hydrogen-bond donors (Lipinski definition) is 1. The predicted molar refractivity (Wildman–Crippen MR) is 118 cm³/mol. The summed E-state index contributed by atoms with van der Waals surface area (Å²) in [7, 11) is 0. The van der Waals surface area contributed by atoms with Crippen LogP contribution in [0.2, 0.25) is 0 Å². The molecule has 30 heavy (non-hydrogen) atoms. The van der Waals surface area contributed by atoms with Gasteiger partial charge in [0.2, 0.25) is 5.91 Å². The summed E-state index contributed by atoms with van der Waals surface area (Å²) in [4.78, 5) is 19.2. The molecule has 2 aromatic heterocycles. The maximum absolute atomic E-state index is 12.6. The number of pyridine rings is 1. The van der Waals surface area contributed by atoms with Gasteiger partial charge in [0.25, 0.3) is 0 Å². The Labute approximate surface area is 176 Å². The van der Waals surface area contributed by atoms with Gasteiger partial charge < -0.3 is 15.0 Å². The molecule has 1 aliphatic rings. The normalized spacial score (nSPS) is 14.3. The minimum Gasteiger partial charge on any atom is -0.378 e. The number of morpholine rings is 1. The predicted octanol–water partition coefficient (Wildman–Crippen LogP) is 3.37. The number of amides is 1. The minimum absolute atomic E-state index is 0.205. The van der Waals surface area contributed by atoms with Crippen molar-refractivity contribution in [2.75, 3.05) is 36.5 Å². The Balaban J connectivity index is 1.51. The largest absolute Gasteiger partial charge is 0.378 e. The standard InChI is InChI=1S/C23H25N5O2/c1-17-20(18(2)28(26-17)19-7-4-3-5-8-19)10-11-22(29)25-21-9-6-12-24-23(21)27-13-15-30-16-14-27/h3-12H,13-16H2,1-2H3,(H,25,29)/b11-10+. The van der Waals surface area contributed by atoms with Crippen molar-refractivity contribution in [3.8, 4) is 5.69 Å². The second kappa shape index (κ2) is 8.92. The van der Waals surface area contributed by atoms with Crippen molar-refractivity contribution < 1.29 is 9.53 Å². The summed E-state index contributed by atoms with van der Waals surface area (Å²) in [6.45, 7) is 6.78. The van der Waals surface area contributed by atoms with Gasteiger partial charge in [0.1, 0.15) is 0 Å². The number of anilines is 2. The molecule has 1 saturated heterocycles. The van der Waals surface area contributed by atoms with E-state index in [2.05, 4.69) is 20.3 Å². The summed E-state index contributed by atoms with van der Waals surface area (Å²) in [5.74, 6) is 0.565. The summed E-state index contributed by atoms with van der Waals surface area (Å²) in [5.41, 5.74) is 4.48. The van der Waals surface area contributed by atoms with Crippen molar-refractivity contribution in [3.63, 3.8) is 0 Å². The quantitative estimate of drug-likeness (QED) is 0.662. The number of ether oxygens (including phenoxy) is 1. The van der Waals surface area contributed by atoms with Crippen molar-refractivity contribution in [1.82, 2.24) is 14.8 Å². The summed E-state index contributed by atoms with van der Waals surface area (Å²) >= 11 is 0. The van der Waals surface area contributed by atoms with E-state index in [1.807, 2.05) is 67.1 Å². The van der Waals surface area contributed by atoms with Crippen LogP contribution in [0.3, 0.4) is 0 Å². The third-order valence-corrected chi connectivity index (χ3v) is 5.10. The molecule has 0 atom stereocenters. The lowest BCUT2D eigenvalue weighted by atomic mass is 10.2. The van der Waals surface area contributed by atoms with E-state index in [1.165, 1.54) is 0 Å². The molecular weight excluding hydrogens is 378 g/mol. The summed E-state index contributed by atoms with van der Waals surface area (Å²) in [6, 6.07) is 13.6. The van der Waals surface area contributed by atoms with Crippen molar-refractivity contribution in [2.24, 2.45) is 0 Å². The molecule has 0 aliphatic carbocycles. The van der Waals surface area contributed by atoms with Crippen LogP contribution >= 0.6 is 0 Å². The number of benzene rings is 1. The summed E-state index contributed by atoms with van der Waals surface area (Å²) < 4.78 is 7.30. The zero-order valence-electron chi connectivity index (χ0n) is 17.2. The Kier molecular flexibility index (Phi) is 5.90. The molecule has 1 N–H and O–H groups in total. The molecule has 7 nitrogen and oxygen atoms in total. The second-order valence-electron chi connectivity index (χ2n) is 7.13. The number of aromatic nitrogens is 3. The average molecular weight is 403 g/mol. The van der Waals surface area contributed by atoms with Crippen molar-refractivity contribution in [1.29, 1.82) is 0 Å². The highest BCUT2D eigenvalue weighted by atomic mass is 16.5. The molecule has 3 heterocycles. The lowest BCUT2D eigenvalue weighted by Crippen LogP contribution is -2.37. The maximum Gasteiger partial charge on any atom is 0.248 e. The third-order valence-electron chi connectivity index (χ3n) is 5.10. The molecule has 7 heteroatoms. The van der Waals surface area contributed by atoms with Crippen LogP contribution in [0.15, 0.2) is 54.7 Å². The fourth-order valence-electron chi connectivity index (χ4n) is 3.57. The zero-order valence-corrected chi connectivity index (χ0v) is 17.2. The van der Waals surface area contributed by atoms with Gasteiger partial charge in [0.15, 0.2) is 5.82 Å². The number of para-hydroxylation sites is 1. The van der Waals surface area contributed by atoms with E-state index in [-0.39, 0.29) is 5.91 Å². The second-order valence-corrected chi connectivity index (χ2v) is 7.13. The molecule has 0 radical (unpaired) electrons. The molecule has 0 bridgehead atoms. The lowest BCUT2D eigenvalue weighted by molar-refractivity contribution is -0.111. The molecule has 0 saturated carbocycles. The Bertz CT molecular complexity index is 1050. The van der Waals surface area contributed by atoms with Crippen molar-refractivity contribution in [3.05, 3.63) is 71.7 Å². The fraction of sp³-hybridized carbons (Fsp3) is 0.261. The van der Waals surface area contributed by atoms with Crippen LogP contribution in [0.5, 0.6) is 0 Å². The van der Waals surface area contributed by atoms with E-state index in [0.717, 1.165) is 41.5 Å². The van der Waals surface area contributed by atoms with Crippen LogP contribution in [-0.2, 0) is 9.53 Å². The molecule has 1 amide bonds. The van der Waals surface area contributed by atoms with Gasteiger partial charge in [-0.05, 0) is 44.2 Å². The van der Waals surface area contributed by atoms with Gasteiger partial charge in [-0.25, -0.2) is 9.67 Å². The van der Waals surface area contributed by atoms with Crippen LogP contribution in [0.4, 0.5) is 11.5 Å². The summed E-state index contributed by atoms with van der Waals surface area (Å²) in [6.07, 6.45) is 5.10. The van der Waals surface area contributed by atoms with E-state index in [4.69, 9.17) is 4.74 Å². The fourth-order valence-corrected chi connectivity index (χ4v) is 3.57. The highest BCUT2D eigenvalue weighted by molar-refractivity contribution is 6.03. The van der Waals surface area contributed by atoms with Gasteiger partial charge in [0, 0.05) is 36.6 Å². The number of nitrogens with zero attached hydrogens (tertiary/aromatic N) is 4. The van der Waals surface area contributed by atoms with Crippen molar-refractivity contribution in [2.45, 2.75) is 13.8 Å². The molecule has 154 valence electrons. The van der Waals surface area contributed by atoms with Crippen LogP contribution in [0.1, 0.15) is 17.0 Å². The van der Waals surface area contributed by atoms with Crippen molar-refractivity contribution >= 4 is 23.5 Å². The zero-order chi connectivity index (χ0) is 20.9. The van der Waals surface area contributed by atoms with Crippen LogP contribution in [0, 0.1) is 13.8 Å². The Morgan fingerprint density at radius 1 is 1.10 bits per heavy atom. The van der Waals surface area contributed by atoms with Crippen LogP contribution < -0.4 is 10.2 Å². The average Bonchev–Trinajstić information content (AvgIpc) is 3.07. The van der Waals surface area contributed by atoms with Crippen LogP contribution in [-0.4, -0.2) is 47.0 Å². The van der Waals surface area contributed by atoms with E-state index in [0.29, 0.717) is 18.9 Å². The number of carbonyl (C=O) groups is 1. The molecule has 1 fully saturated rings. The number of rotatable bonds is 5. The topological polar surface area (TPSA) is 72.3 Å². The Morgan fingerprint density at radius 3 is 2.63 bits per heavy atom. The Morgan fingerprint density at radius 2 is 1.87 bits per heavy atom. The van der Waals surface area contributed by atoms with Gasteiger partial charge >= 0.3 is 0 Å². The molecular formula is C23H25N5O2. The molecule has 0 unspecified atom stereocenters. The molecule has 4 rings (SSSR count). The minimum atomic E-state index is -0.205. The first-order valence-corrected chi connectivity index (χ1v) is 10.0. The molecule has 0 spiro atoms. The molecule has 1 aromatic carbocycles. The highest BCUT2D eigenvalue weighted by Gasteiger charge is 2.17. The van der Waals surface area contributed by atoms with Gasteiger partial charge in [-0.2, -0.15) is 5.10 Å². The number of carbonyl (C=O) groups excluding carboxylic acids is 1. The van der Waals surface area contributed by atoms with E-state index in [1.54, 1.807) is 12.3 Å². The highest BCUT2D eigenvalue weighted by Crippen LogP contribution is 2.24. The molecule has 3 aromatic rings. The van der Waals surface area contributed by atoms with Gasteiger partial charge in [0.05, 0.1) is 30.3 Å². The first-order chi connectivity index (χ1) is 14.6. The smallest absolute Gasteiger partial charge is 0.248 e. The molecule has 1 aliphatic heterocycles. The van der Waals surface area contributed by atoms with E-state index < -0.39 is 0 Å². The monoisotopic (exact) mass is 403 g/mol. The van der Waals surface area contributed by atoms with E-state index in [9.17, 15) is 4.79 Å². The first-order valence-electron chi connectivity index (χ1n) is 10.0. The maximum atomic E-state index is 12.6. The van der Waals surface area contributed by atoms with E-state index >= 15 is 0 Å². The lowest BCUT2D eigenvalue weighted by Gasteiger charge is -2.29. The third kappa shape index (κ3) is 4.26. The van der Waals surface area contributed by atoms with Gasteiger partial charge in [-0.3, -0.25) is 4.79 Å². The SMILES string of the molecule is Cc1nn(-c2ccccc2)c(C)c1/C=C/C(=O)Nc1cccnc1N1CCOCC1. The Hall–Kier alpha value is -3.45. The number of aryl methyl sites for hydroxylation is 1. The van der Waals surface area contributed by atoms with Gasteiger partial charge in [-0.1, -0.05) is 18.2 Å². The van der Waals surface area contributed by atoms with Crippen LogP contribution in [0.25, 0.3) is 11.8 Å².